The Hall–Kier alpha value is -3.12. The van der Waals surface area contributed by atoms with Gasteiger partial charge in [0.05, 0.1) is 17.5 Å². The molecule has 3 aromatic rings. The molecule has 1 aliphatic heterocycles. The van der Waals surface area contributed by atoms with Crippen molar-refractivity contribution in [3.8, 4) is 0 Å². The summed E-state index contributed by atoms with van der Waals surface area (Å²) in [5, 5.41) is 3.22. The van der Waals surface area contributed by atoms with E-state index >= 15 is 0 Å². The van der Waals surface area contributed by atoms with Gasteiger partial charge in [0.1, 0.15) is 0 Å². The van der Waals surface area contributed by atoms with Crippen LogP contribution in [0.3, 0.4) is 0 Å². The molecule has 31 heavy (non-hydrogen) atoms. The maximum Gasteiger partial charge on any atom is 0.252 e. The average Bonchev–Trinajstić information content (AvgIpc) is 3.10. The topological polar surface area (TPSA) is 66.5 Å². The number of amides is 1. The molecule has 1 heterocycles. The highest BCUT2D eigenvalue weighted by Gasteiger charge is 2.34. The third-order valence-electron chi connectivity index (χ3n) is 5.92. The van der Waals surface area contributed by atoms with Gasteiger partial charge in [-0.05, 0) is 55.2 Å². The number of sulfonamides is 1. The minimum atomic E-state index is -3.37. The molecule has 0 aromatic heterocycles. The number of hydrogen-bond donors (Lipinski definition) is 1. The second-order valence-corrected chi connectivity index (χ2v) is 10.1. The molecule has 0 saturated carbocycles. The van der Waals surface area contributed by atoms with Gasteiger partial charge in [-0.15, -0.1) is 0 Å². The second-order valence-electron chi connectivity index (χ2n) is 8.27. The molecule has 4 rings (SSSR count). The van der Waals surface area contributed by atoms with Crippen LogP contribution in [0.15, 0.2) is 78.9 Å². The summed E-state index contributed by atoms with van der Waals surface area (Å²) in [6.45, 7) is 3.87. The van der Waals surface area contributed by atoms with Crippen LogP contribution >= 0.6 is 0 Å². The van der Waals surface area contributed by atoms with Crippen LogP contribution in [0.5, 0.6) is 0 Å². The Morgan fingerprint density at radius 1 is 0.968 bits per heavy atom. The summed E-state index contributed by atoms with van der Waals surface area (Å²) in [6.07, 6.45) is 1.79. The van der Waals surface area contributed by atoms with Crippen LogP contribution in [0.1, 0.15) is 40.9 Å². The lowest BCUT2D eigenvalue weighted by molar-refractivity contribution is 0.0919. The first-order valence-corrected chi connectivity index (χ1v) is 12.1. The number of rotatable bonds is 5. The van der Waals surface area contributed by atoms with Crippen LogP contribution in [-0.4, -0.2) is 26.6 Å². The Balaban J connectivity index is 1.69. The van der Waals surface area contributed by atoms with E-state index in [1.165, 1.54) is 10.6 Å². The Bertz CT molecular complexity index is 1170. The number of nitrogens with zero attached hydrogens (tertiary/aromatic N) is 1. The average molecular weight is 435 g/mol. The molecule has 6 heteroatoms. The van der Waals surface area contributed by atoms with Crippen molar-refractivity contribution in [1.29, 1.82) is 0 Å². The summed E-state index contributed by atoms with van der Waals surface area (Å²) < 4.78 is 25.8. The van der Waals surface area contributed by atoms with Gasteiger partial charge in [0.2, 0.25) is 10.0 Å². The summed E-state index contributed by atoms with van der Waals surface area (Å²) >= 11 is 0. The van der Waals surface area contributed by atoms with E-state index in [-0.39, 0.29) is 11.9 Å². The molecule has 0 spiro atoms. The molecule has 0 saturated heterocycles. The van der Waals surface area contributed by atoms with Gasteiger partial charge in [0.25, 0.3) is 5.91 Å². The highest BCUT2D eigenvalue weighted by atomic mass is 32.2. The van der Waals surface area contributed by atoms with Crippen LogP contribution in [0.2, 0.25) is 0 Å². The smallest absolute Gasteiger partial charge is 0.252 e. The molecule has 1 aliphatic rings. The van der Waals surface area contributed by atoms with Gasteiger partial charge >= 0.3 is 0 Å². The number of fused-ring (bicyclic) bond motifs is 1. The van der Waals surface area contributed by atoms with Crippen LogP contribution in [0, 0.1) is 0 Å². The van der Waals surface area contributed by atoms with E-state index in [9.17, 15) is 13.2 Å². The fourth-order valence-electron chi connectivity index (χ4n) is 4.40. The molecule has 1 unspecified atom stereocenters. The van der Waals surface area contributed by atoms with Crippen molar-refractivity contribution in [2.45, 2.75) is 31.8 Å². The zero-order chi connectivity index (χ0) is 22.2. The summed E-state index contributed by atoms with van der Waals surface area (Å²) in [4.78, 5) is 13.3. The Morgan fingerprint density at radius 3 is 2.03 bits per heavy atom. The standard InChI is InChI=1S/C25H26N2O3S/c1-18-16-20-17-19(14-15-23(20)27(18)31(3,29)30)24(28)26-25(2,21-10-6-4-7-11-21)22-12-8-5-9-13-22/h4-15,17-18H,16H2,1-3H3,(H,26,28). The molecule has 1 N–H and O–H groups in total. The Kier molecular flexibility index (Phi) is 5.35. The molecule has 3 aromatic carbocycles. The Morgan fingerprint density at radius 2 is 1.52 bits per heavy atom. The van der Waals surface area contributed by atoms with Crippen LogP contribution in [-0.2, 0) is 22.0 Å². The van der Waals surface area contributed by atoms with E-state index in [1.807, 2.05) is 80.6 Å². The molecule has 1 atom stereocenters. The van der Waals surface area contributed by atoms with Crippen molar-refractivity contribution in [2.75, 3.05) is 10.6 Å². The number of nitrogens with one attached hydrogen (secondary N) is 1. The molecule has 0 bridgehead atoms. The molecule has 5 nitrogen and oxygen atoms in total. The van der Waals surface area contributed by atoms with Crippen molar-refractivity contribution in [3.05, 3.63) is 101 Å². The number of benzene rings is 3. The van der Waals surface area contributed by atoms with Gasteiger partial charge in [0, 0.05) is 11.6 Å². The molecule has 160 valence electrons. The zero-order valence-electron chi connectivity index (χ0n) is 17.9. The van der Waals surface area contributed by atoms with Crippen molar-refractivity contribution >= 4 is 21.6 Å². The van der Waals surface area contributed by atoms with Gasteiger partial charge in [0.15, 0.2) is 0 Å². The molecular formula is C25H26N2O3S. The monoisotopic (exact) mass is 434 g/mol. The van der Waals surface area contributed by atoms with E-state index in [0.717, 1.165) is 16.7 Å². The predicted octanol–water partition coefficient (Wildman–Crippen LogP) is 4.09. The van der Waals surface area contributed by atoms with E-state index in [2.05, 4.69) is 5.32 Å². The summed E-state index contributed by atoms with van der Waals surface area (Å²) in [6, 6.07) is 24.8. The minimum Gasteiger partial charge on any atom is -0.339 e. The Labute approximate surface area is 183 Å². The number of hydrogen-bond acceptors (Lipinski definition) is 3. The summed E-state index contributed by atoms with van der Waals surface area (Å²) in [7, 11) is -3.37. The molecule has 0 radical (unpaired) electrons. The van der Waals surface area contributed by atoms with E-state index in [4.69, 9.17) is 0 Å². The fraction of sp³-hybridized carbons (Fsp3) is 0.240. The van der Waals surface area contributed by atoms with E-state index in [0.29, 0.717) is 17.7 Å². The third-order valence-corrected chi connectivity index (χ3v) is 7.19. The maximum atomic E-state index is 13.3. The van der Waals surface area contributed by atoms with Gasteiger partial charge < -0.3 is 5.32 Å². The third kappa shape index (κ3) is 3.95. The lowest BCUT2D eigenvalue weighted by Crippen LogP contribution is -2.44. The molecule has 0 fully saturated rings. The quantitative estimate of drug-likeness (QED) is 0.658. The van der Waals surface area contributed by atoms with Crippen molar-refractivity contribution in [2.24, 2.45) is 0 Å². The van der Waals surface area contributed by atoms with Crippen LogP contribution in [0.4, 0.5) is 5.69 Å². The fourth-order valence-corrected chi connectivity index (χ4v) is 5.67. The lowest BCUT2D eigenvalue weighted by atomic mass is 9.84. The zero-order valence-corrected chi connectivity index (χ0v) is 18.7. The number of carbonyl (C=O) groups is 1. The SMILES string of the molecule is CC1Cc2cc(C(=O)NC(C)(c3ccccc3)c3ccccc3)ccc2N1S(C)(=O)=O. The number of anilines is 1. The van der Waals surface area contributed by atoms with E-state index < -0.39 is 15.6 Å². The summed E-state index contributed by atoms with van der Waals surface area (Å²) in [5.74, 6) is -0.205. The number of carbonyl (C=O) groups excluding carboxylic acids is 1. The highest BCUT2D eigenvalue weighted by molar-refractivity contribution is 7.92. The van der Waals surface area contributed by atoms with Crippen molar-refractivity contribution in [1.82, 2.24) is 5.32 Å². The first-order chi connectivity index (χ1) is 14.7. The molecule has 0 aliphatic carbocycles. The highest BCUT2D eigenvalue weighted by Crippen LogP contribution is 2.35. The van der Waals surface area contributed by atoms with Crippen LogP contribution < -0.4 is 9.62 Å². The van der Waals surface area contributed by atoms with Gasteiger partial charge in [-0.1, -0.05) is 60.7 Å². The van der Waals surface area contributed by atoms with Gasteiger partial charge in [-0.3, -0.25) is 9.10 Å². The summed E-state index contributed by atoms with van der Waals surface area (Å²) in [5.41, 5.74) is 3.27. The lowest BCUT2D eigenvalue weighted by Gasteiger charge is -2.32. The predicted molar refractivity (Wildman–Crippen MR) is 124 cm³/mol. The van der Waals surface area contributed by atoms with E-state index in [1.54, 1.807) is 12.1 Å². The first-order valence-electron chi connectivity index (χ1n) is 10.3. The maximum absolute atomic E-state index is 13.3. The molecular weight excluding hydrogens is 408 g/mol. The molecule has 1 amide bonds. The first kappa shape index (κ1) is 21.1. The van der Waals surface area contributed by atoms with Crippen molar-refractivity contribution < 1.29 is 13.2 Å². The largest absolute Gasteiger partial charge is 0.339 e. The normalized spacial score (nSPS) is 16.1. The van der Waals surface area contributed by atoms with Crippen LogP contribution in [0.25, 0.3) is 0 Å². The van der Waals surface area contributed by atoms with Crippen molar-refractivity contribution in [3.63, 3.8) is 0 Å². The van der Waals surface area contributed by atoms with Gasteiger partial charge in [-0.25, -0.2) is 8.42 Å². The minimum absolute atomic E-state index is 0.165. The second kappa shape index (κ2) is 7.85. The van der Waals surface area contributed by atoms with Gasteiger partial charge in [-0.2, -0.15) is 0 Å².